The number of carbonyl (C=O) groups is 2. The lowest BCUT2D eigenvalue weighted by Crippen LogP contribution is -2.15. The van der Waals surface area contributed by atoms with Crippen molar-refractivity contribution in [3.8, 4) is 11.3 Å². The minimum absolute atomic E-state index is 0.00940. The second-order valence-electron chi connectivity index (χ2n) is 7.93. The summed E-state index contributed by atoms with van der Waals surface area (Å²) in [4.78, 5) is 24.4. The zero-order valence-corrected chi connectivity index (χ0v) is 18.4. The molecule has 31 heavy (non-hydrogen) atoms. The SMILES string of the molecule is CCc1ccc(NC(=O)Cc2ccc(-c3nn(C(C)C)c(N)c3C(N)=O)cc2)cc1C. The van der Waals surface area contributed by atoms with Crippen LogP contribution in [-0.2, 0) is 17.6 Å². The Balaban J connectivity index is 1.76. The van der Waals surface area contributed by atoms with Crippen LogP contribution < -0.4 is 16.8 Å². The Morgan fingerprint density at radius 1 is 1.13 bits per heavy atom. The lowest BCUT2D eigenvalue weighted by molar-refractivity contribution is -0.115. The molecule has 2 amide bonds. The average molecular weight is 420 g/mol. The second kappa shape index (κ2) is 9.04. The van der Waals surface area contributed by atoms with Gasteiger partial charge in [0.1, 0.15) is 17.1 Å². The maximum atomic E-state index is 12.5. The molecule has 0 aliphatic heterocycles. The number of nitrogen functional groups attached to an aromatic ring is 1. The molecule has 0 spiro atoms. The fourth-order valence-corrected chi connectivity index (χ4v) is 3.63. The van der Waals surface area contributed by atoms with Crippen molar-refractivity contribution in [3.05, 3.63) is 64.7 Å². The molecule has 5 N–H and O–H groups in total. The summed E-state index contributed by atoms with van der Waals surface area (Å²) < 4.78 is 1.59. The van der Waals surface area contributed by atoms with Gasteiger partial charge in [0.05, 0.1) is 6.42 Å². The van der Waals surface area contributed by atoms with E-state index in [0.29, 0.717) is 5.69 Å². The minimum Gasteiger partial charge on any atom is -0.383 e. The van der Waals surface area contributed by atoms with E-state index in [4.69, 9.17) is 11.5 Å². The predicted octanol–water partition coefficient (Wildman–Crippen LogP) is 3.86. The Morgan fingerprint density at radius 3 is 2.35 bits per heavy atom. The van der Waals surface area contributed by atoms with E-state index < -0.39 is 5.91 Å². The van der Waals surface area contributed by atoms with Crippen LogP contribution in [0.5, 0.6) is 0 Å². The molecule has 1 heterocycles. The highest BCUT2D eigenvalue weighted by Gasteiger charge is 2.22. The van der Waals surface area contributed by atoms with Crippen LogP contribution in [-0.4, -0.2) is 21.6 Å². The molecule has 0 fully saturated rings. The number of carbonyl (C=O) groups excluding carboxylic acids is 2. The Hall–Kier alpha value is -3.61. The van der Waals surface area contributed by atoms with Crippen molar-refractivity contribution in [1.29, 1.82) is 0 Å². The molecule has 0 radical (unpaired) electrons. The van der Waals surface area contributed by atoms with Crippen molar-refractivity contribution in [2.75, 3.05) is 11.1 Å². The van der Waals surface area contributed by atoms with E-state index in [1.807, 2.05) is 63.2 Å². The Morgan fingerprint density at radius 2 is 1.81 bits per heavy atom. The van der Waals surface area contributed by atoms with E-state index in [2.05, 4.69) is 17.3 Å². The summed E-state index contributed by atoms with van der Waals surface area (Å²) >= 11 is 0. The number of amides is 2. The van der Waals surface area contributed by atoms with Gasteiger partial charge in [0.15, 0.2) is 0 Å². The third kappa shape index (κ3) is 4.77. The van der Waals surface area contributed by atoms with Gasteiger partial charge in [0.2, 0.25) is 5.91 Å². The molecule has 162 valence electrons. The molecule has 3 rings (SSSR count). The molecule has 0 saturated carbocycles. The molecule has 7 heteroatoms. The van der Waals surface area contributed by atoms with Crippen molar-refractivity contribution in [3.63, 3.8) is 0 Å². The molecule has 1 aromatic heterocycles. The van der Waals surface area contributed by atoms with E-state index in [9.17, 15) is 9.59 Å². The fourth-order valence-electron chi connectivity index (χ4n) is 3.63. The molecule has 0 bridgehead atoms. The van der Waals surface area contributed by atoms with Gasteiger partial charge in [0, 0.05) is 17.3 Å². The van der Waals surface area contributed by atoms with E-state index in [-0.39, 0.29) is 29.8 Å². The molecular weight excluding hydrogens is 390 g/mol. The summed E-state index contributed by atoms with van der Waals surface area (Å²) in [5, 5.41) is 7.42. The van der Waals surface area contributed by atoms with Crippen LogP contribution in [0.2, 0.25) is 0 Å². The smallest absolute Gasteiger partial charge is 0.254 e. The number of rotatable bonds is 7. The van der Waals surface area contributed by atoms with Crippen molar-refractivity contribution in [2.24, 2.45) is 5.73 Å². The monoisotopic (exact) mass is 419 g/mol. The van der Waals surface area contributed by atoms with Crippen molar-refractivity contribution in [2.45, 2.75) is 46.6 Å². The van der Waals surface area contributed by atoms with E-state index in [1.165, 1.54) is 5.56 Å². The highest BCUT2D eigenvalue weighted by Crippen LogP contribution is 2.29. The van der Waals surface area contributed by atoms with Crippen molar-refractivity contribution in [1.82, 2.24) is 9.78 Å². The summed E-state index contributed by atoms with van der Waals surface area (Å²) in [7, 11) is 0. The first-order valence-corrected chi connectivity index (χ1v) is 10.4. The standard InChI is InChI=1S/C24H29N5O2/c1-5-17-10-11-19(12-15(17)4)27-20(30)13-16-6-8-18(9-7-16)22-21(24(26)31)23(25)29(28-22)14(2)3/h6-12,14H,5,13,25H2,1-4H3,(H2,26,31)(H,27,30). The van der Waals surface area contributed by atoms with Gasteiger partial charge in [-0.2, -0.15) is 5.10 Å². The van der Waals surface area contributed by atoms with Gasteiger partial charge < -0.3 is 16.8 Å². The van der Waals surface area contributed by atoms with Crippen LogP contribution in [0.3, 0.4) is 0 Å². The van der Waals surface area contributed by atoms with Gasteiger partial charge in [-0.05, 0) is 56.0 Å². The molecule has 0 aliphatic carbocycles. The molecule has 0 saturated heterocycles. The van der Waals surface area contributed by atoms with Crippen LogP contribution in [0.15, 0.2) is 42.5 Å². The van der Waals surface area contributed by atoms with Crippen LogP contribution in [0.4, 0.5) is 11.5 Å². The first-order valence-electron chi connectivity index (χ1n) is 10.4. The number of aryl methyl sites for hydroxylation is 2. The quantitative estimate of drug-likeness (QED) is 0.539. The number of nitrogens with two attached hydrogens (primary N) is 2. The zero-order valence-electron chi connectivity index (χ0n) is 18.4. The van der Waals surface area contributed by atoms with E-state index >= 15 is 0 Å². The molecular formula is C24H29N5O2. The number of benzene rings is 2. The van der Waals surface area contributed by atoms with Crippen molar-refractivity contribution >= 4 is 23.3 Å². The first kappa shape index (κ1) is 22.1. The number of nitrogens with one attached hydrogen (secondary N) is 1. The van der Waals surface area contributed by atoms with Crippen LogP contribution in [0.25, 0.3) is 11.3 Å². The van der Waals surface area contributed by atoms with Crippen LogP contribution >= 0.6 is 0 Å². The molecule has 7 nitrogen and oxygen atoms in total. The molecule has 2 aromatic carbocycles. The number of hydrogen-bond donors (Lipinski definition) is 3. The van der Waals surface area contributed by atoms with Gasteiger partial charge in [-0.3, -0.25) is 9.59 Å². The summed E-state index contributed by atoms with van der Waals surface area (Å²) in [6.07, 6.45) is 1.20. The second-order valence-corrected chi connectivity index (χ2v) is 7.93. The predicted molar refractivity (Wildman–Crippen MR) is 124 cm³/mol. The molecule has 0 unspecified atom stereocenters. The summed E-state index contributed by atoms with van der Waals surface area (Å²) in [6, 6.07) is 13.3. The maximum Gasteiger partial charge on any atom is 0.254 e. The largest absolute Gasteiger partial charge is 0.383 e. The highest BCUT2D eigenvalue weighted by atomic mass is 16.2. The van der Waals surface area contributed by atoms with Gasteiger partial charge in [-0.15, -0.1) is 0 Å². The van der Waals surface area contributed by atoms with Gasteiger partial charge in [-0.25, -0.2) is 4.68 Å². The normalized spacial score (nSPS) is 11.0. The third-order valence-corrected chi connectivity index (χ3v) is 5.28. The highest BCUT2D eigenvalue weighted by molar-refractivity contribution is 6.03. The number of primary amides is 1. The first-order chi connectivity index (χ1) is 14.7. The summed E-state index contributed by atoms with van der Waals surface area (Å²) in [5.74, 6) is -0.458. The van der Waals surface area contributed by atoms with Gasteiger partial charge >= 0.3 is 0 Å². The lowest BCUT2D eigenvalue weighted by atomic mass is 10.0. The van der Waals surface area contributed by atoms with Gasteiger partial charge in [0.25, 0.3) is 5.91 Å². The van der Waals surface area contributed by atoms with Crippen LogP contribution in [0.1, 0.15) is 53.9 Å². The number of aromatic nitrogens is 2. The third-order valence-electron chi connectivity index (χ3n) is 5.28. The Bertz CT molecular complexity index is 1110. The van der Waals surface area contributed by atoms with Crippen molar-refractivity contribution < 1.29 is 9.59 Å². The van der Waals surface area contributed by atoms with E-state index in [1.54, 1.807) is 4.68 Å². The Kier molecular flexibility index (Phi) is 6.44. The number of anilines is 2. The summed E-state index contributed by atoms with van der Waals surface area (Å²) in [6.45, 7) is 8.01. The maximum absolute atomic E-state index is 12.5. The van der Waals surface area contributed by atoms with E-state index in [0.717, 1.165) is 28.8 Å². The lowest BCUT2D eigenvalue weighted by Gasteiger charge is -2.09. The van der Waals surface area contributed by atoms with Gasteiger partial charge in [-0.1, -0.05) is 37.3 Å². The average Bonchev–Trinajstić information content (AvgIpc) is 3.06. The molecule has 3 aromatic rings. The number of hydrogen-bond acceptors (Lipinski definition) is 4. The zero-order chi connectivity index (χ0) is 22.7. The topological polar surface area (TPSA) is 116 Å². The summed E-state index contributed by atoms with van der Waals surface area (Å²) in [5.41, 5.74) is 17.1. The molecule has 0 atom stereocenters. The number of nitrogens with zero attached hydrogens (tertiary/aromatic N) is 2. The van der Waals surface area contributed by atoms with Crippen LogP contribution in [0, 0.1) is 6.92 Å². The fraction of sp³-hybridized carbons (Fsp3) is 0.292. The Labute approximate surface area is 182 Å². The molecule has 0 aliphatic rings. The minimum atomic E-state index is -0.618.